The third-order valence-corrected chi connectivity index (χ3v) is 7.37. The number of dihydropyridines is 1. The quantitative estimate of drug-likeness (QED) is 0.386. The Morgan fingerprint density at radius 2 is 1.77 bits per heavy atom. The standard InChI is InChI=1S/C28H30FNO4S/c1-4-35-14-13-34-28(32)25-17(2)30-23-15-20(18-7-11-22(33-3)12-8-18)16-24(31)27(23)26(25)19-5-9-21(29)10-6-19/h5-12,20,26,30H,4,13-16H2,1-3H3/t20-,26-/m1/s1. The molecule has 1 N–H and O–H groups in total. The molecule has 0 saturated heterocycles. The van der Waals surface area contributed by atoms with Gasteiger partial charge >= 0.3 is 5.97 Å². The molecule has 0 fully saturated rings. The highest BCUT2D eigenvalue weighted by atomic mass is 32.2. The first-order valence-corrected chi connectivity index (χ1v) is 13.0. The average molecular weight is 496 g/mol. The van der Waals surface area contributed by atoms with E-state index in [9.17, 15) is 14.0 Å². The second kappa shape index (κ2) is 11.1. The number of nitrogens with one attached hydrogen (secondary N) is 1. The SMILES string of the molecule is CCSCCOC(=O)C1=C(C)NC2=C(C(=O)C[C@H](c3ccc(OC)cc3)C2)[C@@H]1c1ccc(F)cc1. The van der Waals surface area contributed by atoms with E-state index in [0.717, 1.165) is 22.8 Å². The van der Waals surface area contributed by atoms with Crippen molar-refractivity contribution in [2.24, 2.45) is 0 Å². The molecule has 0 amide bonds. The van der Waals surface area contributed by atoms with Crippen LogP contribution in [0.25, 0.3) is 0 Å². The van der Waals surface area contributed by atoms with Crippen molar-refractivity contribution in [1.82, 2.24) is 5.32 Å². The normalized spacial score (nSPS) is 19.8. The van der Waals surface area contributed by atoms with E-state index in [1.807, 2.05) is 31.2 Å². The molecule has 1 heterocycles. The summed E-state index contributed by atoms with van der Waals surface area (Å²) in [6.45, 7) is 4.18. The van der Waals surface area contributed by atoms with Gasteiger partial charge in [0.2, 0.25) is 0 Å². The Morgan fingerprint density at radius 3 is 2.43 bits per heavy atom. The van der Waals surface area contributed by atoms with Gasteiger partial charge in [0.15, 0.2) is 5.78 Å². The number of methoxy groups -OCH3 is 1. The molecule has 0 radical (unpaired) electrons. The van der Waals surface area contributed by atoms with Crippen LogP contribution in [0.5, 0.6) is 5.75 Å². The van der Waals surface area contributed by atoms with Gasteiger partial charge < -0.3 is 14.8 Å². The number of carbonyl (C=O) groups excluding carboxylic acids is 2. The minimum absolute atomic E-state index is 0.0147. The Kier molecular flexibility index (Phi) is 7.96. The second-order valence-electron chi connectivity index (χ2n) is 8.67. The molecule has 2 atom stereocenters. The second-order valence-corrected chi connectivity index (χ2v) is 10.1. The van der Waals surface area contributed by atoms with Crippen molar-refractivity contribution in [2.75, 3.05) is 25.2 Å². The van der Waals surface area contributed by atoms with E-state index < -0.39 is 11.9 Å². The number of ketones is 1. The van der Waals surface area contributed by atoms with Gasteiger partial charge in [0.05, 0.1) is 12.7 Å². The fourth-order valence-corrected chi connectivity index (χ4v) is 5.32. The third-order valence-electron chi connectivity index (χ3n) is 6.50. The average Bonchev–Trinajstić information content (AvgIpc) is 2.86. The molecule has 0 saturated carbocycles. The van der Waals surface area contributed by atoms with Crippen LogP contribution in [0.2, 0.25) is 0 Å². The number of hydrogen-bond acceptors (Lipinski definition) is 6. The van der Waals surface area contributed by atoms with E-state index in [0.29, 0.717) is 47.6 Å². The van der Waals surface area contributed by atoms with Crippen molar-refractivity contribution < 1.29 is 23.5 Å². The molecule has 0 aromatic heterocycles. The highest BCUT2D eigenvalue weighted by molar-refractivity contribution is 7.99. The highest BCUT2D eigenvalue weighted by Gasteiger charge is 2.41. The fraction of sp³-hybridized carbons (Fsp3) is 0.357. The van der Waals surface area contributed by atoms with Gasteiger partial charge in [-0.2, -0.15) is 11.8 Å². The molecule has 0 bridgehead atoms. The molecule has 184 valence electrons. The van der Waals surface area contributed by atoms with Crippen LogP contribution in [0.4, 0.5) is 4.39 Å². The van der Waals surface area contributed by atoms with Gasteiger partial charge in [-0.15, -0.1) is 0 Å². The van der Waals surface area contributed by atoms with E-state index in [1.54, 1.807) is 31.0 Å². The molecular formula is C28H30FNO4S. The molecule has 35 heavy (non-hydrogen) atoms. The largest absolute Gasteiger partial charge is 0.497 e. The molecule has 1 aliphatic carbocycles. The lowest BCUT2D eigenvalue weighted by molar-refractivity contribution is -0.138. The molecule has 7 heteroatoms. The minimum atomic E-state index is -0.595. The molecule has 2 aliphatic rings. The number of ether oxygens (including phenoxy) is 2. The Labute approximate surface area is 209 Å². The molecule has 4 rings (SSSR count). The van der Waals surface area contributed by atoms with Crippen molar-refractivity contribution in [1.29, 1.82) is 0 Å². The van der Waals surface area contributed by atoms with Crippen molar-refractivity contribution >= 4 is 23.5 Å². The van der Waals surface area contributed by atoms with Crippen LogP contribution in [0.15, 0.2) is 71.1 Å². The number of halogens is 1. The minimum Gasteiger partial charge on any atom is -0.497 e. The zero-order valence-electron chi connectivity index (χ0n) is 20.2. The summed E-state index contributed by atoms with van der Waals surface area (Å²) in [4.78, 5) is 26.8. The monoisotopic (exact) mass is 495 g/mol. The molecule has 5 nitrogen and oxygen atoms in total. The van der Waals surface area contributed by atoms with E-state index in [2.05, 4.69) is 12.2 Å². The number of rotatable bonds is 8. The van der Waals surface area contributed by atoms with E-state index in [-0.39, 0.29) is 17.5 Å². The first-order chi connectivity index (χ1) is 16.9. The smallest absolute Gasteiger partial charge is 0.336 e. The van der Waals surface area contributed by atoms with Gasteiger partial charge in [-0.05, 0) is 60.4 Å². The fourth-order valence-electron chi connectivity index (χ4n) is 4.83. The first-order valence-electron chi connectivity index (χ1n) is 11.8. The summed E-state index contributed by atoms with van der Waals surface area (Å²) >= 11 is 1.69. The van der Waals surface area contributed by atoms with Crippen LogP contribution in [0.3, 0.4) is 0 Å². The van der Waals surface area contributed by atoms with Gasteiger partial charge in [0.1, 0.15) is 18.2 Å². The van der Waals surface area contributed by atoms with Gasteiger partial charge in [-0.1, -0.05) is 31.2 Å². The number of esters is 1. The van der Waals surface area contributed by atoms with Crippen molar-refractivity contribution in [3.05, 3.63) is 88.0 Å². The molecule has 2 aromatic carbocycles. The van der Waals surface area contributed by atoms with Crippen molar-refractivity contribution in [2.45, 2.75) is 38.5 Å². The predicted octanol–water partition coefficient (Wildman–Crippen LogP) is 5.49. The molecule has 0 spiro atoms. The maximum atomic E-state index is 13.7. The number of carbonyl (C=O) groups is 2. The van der Waals surface area contributed by atoms with Crippen LogP contribution in [0.1, 0.15) is 49.7 Å². The number of thioether (sulfide) groups is 1. The van der Waals surface area contributed by atoms with Crippen LogP contribution in [-0.4, -0.2) is 37.0 Å². The van der Waals surface area contributed by atoms with Crippen LogP contribution >= 0.6 is 11.8 Å². The molecular weight excluding hydrogens is 465 g/mol. The van der Waals surface area contributed by atoms with Crippen molar-refractivity contribution in [3.63, 3.8) is 0 Å². The Hall–Kier alpha value is -3.06. The first kappa shape index (κ1) is 25.0. The summed E-state index contributed by atoms with van der Waals surface area (Å²) in [7, 11) is 1.62. The summed E-state index contributed by atoms with van der Waals surface area (Å²) in [5.41, 5.74) is 4.22. The topological polar surface area (TPSA) is 64.6 Å². The van der Waals surface area contributed by atoms with Gasteiger partial charge in [0, 0.05) is 35.1 Å². The van der Waals surface area contributed by atoms with E-state index in [4.69, 9.17) is 9.47 Å². The number of Topliss-reactive ketones (excluding diaryl/α,β-unsaturated/α-hetero) is 1. The summed E-state index contributed by atoms with van der Waals surface area (Å²) < 4.78 is 24.6. The van der Waals surface area contributed by atoms with E-state index >= 15 is 0 Å². The van der Waals surface area contributed by atoms with Crippen molar-refractivity contribution in [3.8, 4) is 5.75 Å². The maximum absolute atomic E-state index is 13.7. The molecule has 2 aromatic rings. The Balaban J connectivity index is 1.69. The maximum Gasteiger partial charge on any atom is 0.336 e. The van der Waals surface area contributed by atoms with E-state index in [1.165, 1.54) is 12.1 Å². The third kappa shape index (κ3) is 5.45. The highest BCUT2D eigenvalue weighted by Crippen LogP contribution is 2.45. The van der Waals surface area contributed by atoms with Gasteiger partial charge in [-0.3, -0.25) is 4.79 Å². The zero-order chi connectivity index (χ0) is 24.9. The number of allylic oxidation sites excluding steroid dienone is 3. The van der Waals surface area contributed by atoms with Crippen LogP contribution in [-0.2, 0) is 14.3 Å². The van der Waals surface area contributed by atoms with Crippen LogP contribution < -0.4 is 10.1 Å². The lowest BCUT2D eigenvalue weighted by Gasteiger charge is -2.36. The number of benzene rings is 2. The van der Waals surface area contributed by atoms with Crippen LogP contribution in [0, 0.1) is 5.82 Å². The Bertz CT molecular complexity index is 1150. The molecule has 1 aliphatic heterocycles. The van der Waals surface area contributed by atoms with Gasteiger partial charge in [0.25, 0.3) is 0 Å². The zero-order valence-corrected chi connectivity index (χ0v) is 21.0. The summed E-state index contributed by atoms with van der Waals surface area (Å²) in [5, 5.41) is 3.35. The summed E-state index contributed by atoms with van der Waals surface area (Å²) in [6, 6.07) is 13.8. The lowest BCUT2D eigenvalue weighted by Crippen LogP contribution is -2.36. The lowest BCUT2D eigenvalue weighted by atomic mass is 9.72. The Morgan fingerprint density at radius 1 is 1.09 bits per heavy atom. The summed E-state index contributed by atoms with van der Waals surface area (Å²) in [6.07, 6.45) is 0.969. The molecule has 0 unspecified atom stereocenters. The summed E-state index contributed by atoms with van der Waals surface area (Å²) in [5.74, 6) is 1.00. The number of hydrogen-bond donors (Lipinski definition) is 1. The van der Waals surface area contributed by atoms with Gasteiger partial charge in [-0.25, -0.2) is 9.18 Å². The predicted molar refractivity (Wildman–Crippen MR) is 136 cm³/mol.